The van der Waals surface area contributed by atoms with Gasteiger partial charge in [0.15, 0.2) is 11.5 Å². The minimum Gasteiger partial charge on any atom is -0.493 e. The number of amides is 2. The van der Waals surface area contributed by atoms with Gasteiger partial charge in [0.2, 0.25) is 5.91 Å². The molecule has 6 nitrogen and oxygen atoms in total. The number of hydrogen-bond acceptors (Lipinski definition) is 4. The Labute approximate surface area is 159 Å². The van der Waals surface area contributed by atoms with Crippen LogP contribution < -0.4 is 19.7 Å². The lowest BCUT2D eigenvalue weighted by molar-refractivity contribution is -0.117. The quantitative estimate of drug-likeness (QED) is 0.763. The number of para-hydroxylation sites is 1. The molecule has 0 aromatic heterocycles. The van der Waals surface area contributed by atoms with Crippen molar-refractivity contribution in [3.8, 4) is 11.5 Å². The summed E-state index contributed by atoms with van der Waals surface area (Å²) < 4.78 is 11.2. The van der Waals surface area contributed by atoms with Gasteiger partial charge in [-0.2, -0.15) is 0 Å². The molecule has 0 aliphatic carbocycles. The zero-order valence-corrected chi connectivity index (χ0v) is 15.7. The molecule has 0 spiro atoms. The summed E-state index contributed by atoms with van der Waals surface area (Å²) >= 11 is 0. The van der Waals surface area contributed by atoms with E-state index in [4.69, 9.17) is 9.47 Å². The molecular weight excluding hydrogens is 344 g/mol. The van der Waals surface area contributed by atoms with Crippen LogP contribution in [-0.2, 0) is 11.3 Å². The second-order valence-corrected chi connectivity index (χ2v) is 6.37. The van der Waals surface area contributed by atoms with E-state index >= 15 is 0 Å². The number of carbonyl (C=O) groups excluding carboxylic acids is 2. The fourth-order valence-corrected chi connectivity index (χ4v) is 2.99. The summed E-state index contributed by atoms with van der Waals surface area (Å²) in [5.74, 6) is 0.928. The average Bonchev–Trinajstić information content (AvgIpc) is 2.81. The van der Waals surface area contributed by atoms with Crippen LogP contribution in [0.2, 0.25) is 0 Å². The minimum atomic E-state index is -0.237. The first-order chi connectivity index (χ1) is 13.1. The van der Waals surface area contributed by atoms with Crippen LogP contribution in [0.3, 0.4) is 0 Å². The Hall–Kier alpha value is -3.02. The van der Waals surface area contributed by atoms with Gasteiger partial charge in [0, 0.05) is 0 Å². The van der Waals surface area contributed by atoms with Crippen LogP contribution in [0.5, 0.6) is 11.5 Å². The zero-order chi connectivity index (χ0) is 19.2. The number of ether oxygens (including phenoxy) is 2. The van der Waals surface area contributed by atoms with Crippen molar-refractivity contribution < 1.29 is 19.1 Å². The molecule has 2 aromatic carbocycles. The molecule has 142 valence electrons. The Morgan fingerprint density at radius 3 is 2.70 bits per heavy atom. The van der Waals surface area contributed by atoms with E-state index in [1.807, 2.05) is 24.3 Å². The van der Waals surface area contributed by atoms with Crippen LogP contribution in [0.15, 0.2) is 42.5 Å². The number of methoxy groups -OCH3 is 1. The normalized spacial score (nSPS) is 13.6. The third-order valence-corrected chi connectivity index (χ3v) is 4.46. The molecule has 0 bridgehead atoms. The van der Waals surface area contributed by atoms with E-state index in [9.17, 15) is 9.59 Å². The van der Waals surface area contributed by atoms with Crippen LogP contribution in [0, 0.1) is 0 Å². The van der Waals surface area contributed by atoms with E-state index in [1.54, 1.807) is 30.2 Å². The molecule has 2 aromatic rings. The molecule has 0 saturated heterocycles. The van der Waals surface area contributed by atoms with Gasteiger partial charge in [0.1, 0.15) is 0 Å². The van der Waals surface area contributed by atoms with Crippen molar-refractivity contribution >= 4 is 17.5 Å². The number of anilines is 1. The predicted molar refractivity (Wildman–Crippen MR) is 103 cm³/mol. The van der Waals surface area contributed by atoms with Gasteiger partial charge >= 0.3 is 0 Å². The molecule has 3 rings (SSSR count). The second-order valence-electron chi connectivity index (χ2n) is 6.37. The van der Waals surface area contributed by atoms with E-state index in [-0.39, 0.29) is 18.4 Å². The third kappa shape index (κ3) is 4.22. The molecule has 0 saturated carbocycles. The van der Waals surface area contributed by atoms with Gasteiger partial charge in [-0.15, -0.1) is 0 Å². The minimum absolute atomic E-state index is 0.0249. The molecule has 0 atom stereocenters. The van der Waals surface area contributed by atoms with Crippen LogP contribution in [0.4, 0.5) is 5.69 Å². The predicted octanol–water partition coefficient (Wildman–Crippen LogP) is 3.15. The van der Waals surface area contributed by atoms with E-state index in [2.05, 4.69) is 12.2 Å². The third-order valence-electron chi connectivity index (χ3n) is 4.46. The lowest BCUT2D eigenvalue weighted by Crippen LogP contribution is -2.36. The summed E-state index contributed by atoms with van der Waals surface area (Å²) in [6.07, 6.45) is 2.04. The summed E-state index contributed by atoms with van der Waals surface area (Å²) in [5.41, 5.74) is 2.00. The number of fused-ring (bicyclic) bond motifs is 1. The standard InChI is InChI=1S/C21H24N2O4/c1-3-4-11-27-18-10-9-15(12-19(18)26-2)14-23-17-8-6-5-7-16(17)21(25)22-13-20(23)24/h5-10,12H,3-4,11,13-14H2,1-2H3,(H,22,25). The highest BCUT2D eigenvalue weighted by molar-refractivity contribution is 6.09. The van der Waals surface area contributed by atoms with Crippen molar-refractivity contribution in [2.75, 3.05) is 25.2 Å². The maximum Gasteiger partial charge on any atom is 0.253 e. The van der Waals surface area contributed by atoms with Crippen molar-refractivity contribution in [1.82, 2.24) is 5.32 Å². The highest BCUT2D eigenvalue weighted by Gasteiger charge is 2.26. The Bertz CT molecular complexity index is 835. The second kappa shape index (κ2) is 8.58. The molecule has 1 N–H and O–H groups in total. The molecule has 27 heavy (non-hydrogen) atoms. The van der Waals surface area contributed by atoms with Gasteiger partial charge in [-0.3, -0.25) is 9.59 Å². The van der Waals surface area contributed by atoms with Crippen molar-refractivity contribution in [3.63, 3.8) is 0 Å². The van der Waals surface area contributed by atoms with E-state index in [0.717, 1.165) is 18.4 Å². The number of benzene rings is 2. The van der Waals surface area contributed by atoms with Crippen molar-refractivity contribution in [1.29, 1.82) is 0 Å². The number of nitrogens with zero attached hydrogens (tertiary/aromatic N) is 1. The van der Waals surface area contributed by atoms with Crippen LogP contribution >= 0.6 is 0 Å². The molecule has 0 unspecified atom stereocenters. The number of nitrogens with one attached hydrogen (secondary N) is 1. The number of unbranched alkanes of at least 4 members (excludes halogenated alkanes) is 1. The van der Waals surface area contributed by atoms with Crippen molar-refractivity contribution in [2.24, 2.45) is 0 Å². The zero-order valence-electron chi connectivity index (χ0n) is 15.7. The first-order valence-corrected chi connectivity index (χ1v) is 9.11. The van der Waals surface area contributed by atoms with E-state index in [0.29, 0.717) is 35.9 Å². The van der Waals surface area contributed by atoms with E-state index < -0.39 is 0 Å². The molecule has 1 heterocycles. The summed E-state index contributed by atoms with van der Waals surface area (Å²) in [4.78, 5) is 26.4. The highest BCUT2D eigenvalue weighted by Crippen LogP contribution is 2.30. The van der Waals surface area contributed by atoms with E-state index in [1.165, 1.54) is 0 Å². The van der Waals surface area contributed by atoms with Gasteiger partial charge in [-0.1, -0.05) is 31.5 Å². The summed E-state index contributed by atoms with van der Waals surface area (Å²) in [6.45, 7) is 3.07. The first kappa shape index (κ1) is 18.8. The molecule has 0 fully saturated rings. The topological polar surface area (TPSA) is 67.9 Å². The van der Waals surface area contributed by atoms with Gasteiger partial charge < -0.3 is 19.7 Å². The largest absolute Gasteiger partial charge is 0.493 e. The Morgan fingerprint density at radius 1 is 1.11 bits per heavy atom. The Morgan fingerprint density at radius 2 is 1.93 bits per heavy atom. The number of carbonyl (C=O) groups is 2. The average molecular weight is 368 g/mol. The summed E-state index contributed by atoms with van der Waals surface area (Å²) in [6, 6.07) is 12.8. The fraction of sp³-hybridized carbons (Fsp3) is 0.333. The van der Waals surface area contributed by atoms with Gasteiger partial charge in [0.05, 0.1) is 38.1 Å². The smallest absolute Gasteiger partial charge is 0.253 e. The summed E-state index contributed by atoms with van der Waals surface area (Å²) in [7, 11) is 1.60. The SMILES string of the molecule is CCCCOc1ccc(CN2C(=O)CNC(=O)c3ccccc32)cc1OC. The lowest BCUT2D eigenvalue weighted by Gasteiger charge is -2.22. The Kier molecular flexibility index (Phi) is 5.96. The molecular formula is C21H24N2O4. The molecule has 6 heteroatoms. The van der Waals surface area contributed by atoms with Crippen LogP contribution in [0.25, 0.3) is 0 Å². The monoisotopic (exact) mass is 368 g/mol. The van der Waals surface area contributed by atoms with Crippen LogP contribution in [-0.4, -0.2) is 32.1 Å². The fourth-order valence-electron chi connectivity index (χ4n) is 2.99. The van der Waals surface area contributed by atoms with Gasteiger partial charge in [-0.05, 0) is 36.2 Å². The lowest BCUT2D eigenvalue weighted by atomic mass is 10.1. The number of rotatable bonds is 7. The maximum atomic E-state index is 12.6. The summed E-state index contributed by atoms with van der Waals surface area (Å²) in [5, 5.41) is 2.65. The molecule has 2 amide bonds. The first-order valence-electron chi connectivity index (χ1n) is 9.11. The molecule has 1 aliphatic rings. The number of hydrogen-bond donors (Lipinski definition) is 1. The van der Waals surface area contributed by atoms with Crippen LogP contribution in [0.1, 0.15) is 35.7 Å². The van der Waals surface area contributed by atoms with Crippen molar-refractivity contribution in [3.05, 3.63) is 53.6 Å². The maximum absolute atomic E-state index is 12.6. The Balaban J connectivity index is 1.86. The molecule has 0 radical (unpaired) electrons. The highest BCUT2D eigenvalue weighted by atomic mass is 16.5. The van der Waals surface area contributed by atoms with Gasteiger partial charge in [-0.25, -0.2) is 0 Å². The van der Waals surface area contributed by atoms with Gasteiger partial charge in [0.25, 0.3) is 5.91 Å². The van der Waals surface area contributed by atoms with Crippen molar-refractivity contribution in [2.45, 2.75) is 26.3 Å². The molecule has 1 aliphatic heterocycles.